The molecule has 1 aliphatic heterocycles. The SMILES string of the molecule is CCc1ccc2c(c1)=C(c1sc(=S)n(N)c1O)C(=O)N=2. The van der Waals surface area contributed by atoms with E-state index in [1.807, 2.05) is 25.1 Å². The zero-order valence-electron chi connectivity index (χ0n) is 10.6. The number of nitrogens with two attached hydrogens (primary N) is 1. The van der Waals surface area contributed by atoms with E-state index in [4.69, 9.17) is 18.1 Å². The molecule has 0 atom stereocenters. The van der Waals surface area contributed by atoms with Gasteiger partial charge in [-0.3, -0.25) is 4.79 Å². The molecule has 3 N–H and O–H groups in total. The molecule has 2 aromatic rings. The summed E-state index contributed by atoms with van der Waals surface area (Å²) in [5.41, 5.74) is 1.47. The zero-order valence-corrected chi connectivity index (χ0v) is 12.2. The van der Waals surface area contributed by atoms with Gasteiger partial charge in [-0.25, -0.2) is 9.67 Å². The van der Waals surface area contributed by atoms with Gasteiger partial charge >= 0.3 is 0 Å². The summed E-state index contributed by atoms with van der Waals surface area (Å²) < 4.78 is 1.30. The fourth-order valence-electron chi connectivity index (χ4n) is 2.14. The number of benzene rings is 1. The van der Waals surface area contributed by atoms with Crippen molar-refractivity contribution in [1.82, 2.24) is 4.68 Å². The van der Waals surface area contributed by atoms with Crippen molar-refractivity contribution >= 4 is 35.0 Å². The molecule has 102 valence electrons. The van der Waals surface area contributed by atoms with Crippen LogP contribution in [0, 0.1) is 3.95 Å². The number of rotatable bonds is 2. The first-order valence-electron chi connectivity index (χ1n) is 5.99. The van der Waals surface area contributed by atoms with Crippen molar-refractivity contribution in [1.29, 1.82) is 0 Å². The number of nitrogen functional groups attached to an aromatic ring is 1. The minimum absolute atomic E-state index is 0.201. The second kappa shape index (κ2) is 4.53. The van der Waals surface area contributed by atoms with E-state index < -0.39 is 0 Å². The first-order chi connectivity index (χ1) is 9.52. The highest BCUT2D eigenvalue weighted by molar-refractivity contribution is 7.73. The van der Waals surface area contributed by atoms with E-state index in [1.165, 1.54) is 0 Å². The first kappa shape index (κ1) is 13.0. The van der Waals surface area contributed by atoms with Crippen LogP contribution in [0.1, 0.15) is 17.4 Å². The molecule has 0 aliphatic carbocycles. The number of fused-ring (bicyclic) bond motifs is 1. The van der Waals surface area contributed by atoms with Gasteiger partial charge in [0.1, 0.15) is 4.88 Å². The van der Waals surface area contributed by atoms with Crippen LogP contribution in [-0.2, 0) is 11.2 Å². The monoisotopic (exact) mass is 305 g/mol. The topological polar surface area (TPSA) is 80.6 Å². The average Bonchev–Trinajstić information content (AvgIpc) is 2.89. The molecule has 1 aromatic carbocycles. The number of aryl methyl sites for hydroxylation is 1. The fraction of sp³-hybridized carbons (Fsp3) is 0.154. The van der Waals surface area contributed by atoms with E-state index in [2.05, 4.69) is 4.99 Å². The summed E-state index contributed by atoms with van der Waals surface area (Å²) in [6.07, 6.45) is 0.856. The van der Waals surface area contributed by atoms with Crippen LogP contribution in [0.3, 0.4) is 0 Å². The van der Waals surface area contributed by atoms with E-state index in [-0.39, 0.29) is 11.8 Å². The predicted molar refractivity (Wildman–Crippen MR) is 79.1 cm³/mol. The third-order valence-electron chi connectivity index (χ3n) is 3.22. The molecule has 20 heavy (non-hydrogen) atoms. The minimum atomic E-state index is -0.375. The highest BCUT2D eigenvalue weighted by Crippen LogP contribution is 2.30. The van der Waals surface area contributed by atoms with Crippen molar-refractivity contribution in [2.45, 2.75) is 13.3 Å². The molecule has 5 nitrogen and oxygen atoms in total. The quantitative estimate of drug-likeness (QED) is 0.629. The molecule has 0 unspecified atom stereocenters. The largest absolute Gasteiger partial charge is 0.492 e. The third-order valence-corrected chi connectivity index (χ3v) is 4.63. The maximum atomic E-state index is 12.1. The number of carbonyl (C=O) groups is 1. The van der Waals surface area contributed by atoms with E-state index in [1.54, 1.807) is 0 Å². The van der Waals surface area contributed by atoms with Crippen LogP contribution in [0.4, 0.5) is 0 Å². The maximum Gasteiger partial charge on any atom is 0.279 e. The molecule has 0 saturated heterocycles. The van der Waals surface area contributed by atoms with Crippen molar-refractivity contribution in [2.75, 3.05) is 5.84 Å². The minimum Gasteiger partial charge on any atom is -0.492 e. The van der Waals surface area contributed by atoms with Gasteiger partial charge in [0.15, 0.2) is 3.95 Å². The Morgan fingerprint density at radius 2 is 2.25 bits per heavy atom. The van der Waals surface area contributed by atoms with Crippen molar-refractivity contribution in [3.05, 3.63) is 43.2 Å². The van der Waals surface area contributed by atoms with E-state index in [9.17, 15) is 9.90 Å². The number of amides is 1. The highest BCUT2D eigenvalue weighted by atomic mass is 32.1. The lowest BCUT2D eigenvalue weighted by molar-refractivity contribution is -0.112. The van der Waals surface area contributed by atoms with Gasteiger partial charge < -0.3 is 10.9 Å². The summed E-state index contributed by atoms with van der Waals surface area (Å²) in [5.74, 6) is 5.03. The van der Waals surface area contributed by atoms with Gasteiger partial charge in [-0.1, -0.05) is 24.3 Å². The van der Waals surface area contributed by atoms with Gasteiger partial charge in [0.2, 0.25) is 5.88 Å². The first-order valence-corrected chi connectivity index (χ1v) is 7.22. The third kappa shape index (κ3) is 1.78. The Morgan fingerprint density at radius 1 is 1.50 bits per heavy atom. The molecule has 2 heterocycles. The Balaban J connectivity index is 2.41. The standard InChI is InChI=1S/C13H11N3O2S2/c1-2-6-3-4-8-7(5-6)9(11(17)15-8)10-12(18)16(14)13(19)20-10/h3-5,18H,2,14H2,1H3. The summed E-state index contributed by atoms with van der Waals surface area (Å²) in [6, 6.07) is 5.67. The Hall–Kier alpha value is -1.99. The van der Waals surface area contributed by atoms with Crippen molar-refractivity contribution in [2.24, 2.45) is 4.99 Å². The van der Waals surface area contributed by atoms with Gasteiger partial charge in [0, 0.05) is 5.22 Å². The summed E-state index contributed by atoms with van der Waals surface area (Å²) in [5, 5.41) is 11.4. The Kier molecular flexibility index (Phi) is 2.95. The Bertz CT molecular complexity index is 909. The molecule has 1 aromatic heterocycles. The van der Waals surface area contributed by atoms with E-state index in [0.29, 0.717) is 19.8 Å². The van der Waals surface area contributed by atoms with Crippen LogP contribution in [0.25, 0.3) is 5.57 Å². The van der Waals surface area contributed by atoms with E-state index >= 15 is 0 Å². The maximum absolute atomic E-state index is 12.1. The van der Waals surface area contributed by atoms with E-state index in [0.717, 1.165) is 33.2 Å². The van der Waals surface area contributed by atoms with Crippen molar-refractivity contribution in [3.63, 3.8) is 0 Å². The summed E-state index contributed by atoms with van der Waals surface area (Å²) in [7, 11) is 0. The molecule has 0 saturated carbocycles. The van der Waals surface area contributed by atoms with Crippen LogP contribution in [0.2, 0.25) is 0 Å². The number of hydrogen-bond donors (Lipinski definition) is 2. The van der Waals surface area contributed by atoms with Gasteiger partial charge in [-0.2, -0.15) is 0 Å². The zero-order chi connectivity index (χ0) is 14.4. The molecule has 1 aliphatic rings. The van der Waals surface area contributed by atoms with Crippen LogP contribution in [0.5, 0.6) is 5.88 Å². The van der Waals surface area contributed by atoms with Crippen LogP contribution in [0.15, 0.2) is 23.2 Å². The number of carbonyl (C=O) groups excluding carboxylic acids is 1. The lowest BCUT2D eigenvalue weighted by Crippen LogP contribution is -2.23. The molecule has 7 heteroatoms. The molecule has 3 rings (SSSR count). The lowest BCUT2D eigenvalue weighted by atomic mass is 10.1. The summed E-state index contributed by atoms with van der Waals surface area (Å²) >= 11 is 6.13. The number of nitrogens with zero attached hydrogens (tertiary/aromatic N) is 2. The van der Waals surface area contributed by atoms with Gasteiger partial charge in [-0.15, -0.1) is 0 Å². The average molecular weight is 305 g/mol. The lowest BCUT2D eigenvalue weighted by Gasteiger charge is -1.99. The van der Waals surface area contributed by atoms with Gasteiger partial charge in [0.25, 0.3) is 5.91 Å². The van der Waals surface area contributed by atoms with Crippen LogP contribution < -0.4 is 16.4 Å². The van der Waals surface area contributed by atoms with Gasteiger partial charge in [-0.05, 0) is 36.3 Å². The summed E-state index contributed by atoms with van der Waals surface area (Å²) in [4.78, 5) is 16.5. The van der Waals surface area contributed by atoms with Crippen molar-refractivity contribution < 1.29 is 9.90 Å². The second-order valence-electron chi connectivity index (χ2n) is 4.39. The Morgan fingerprint density at radius 3 is 2.85 bits per heavy atom. The Labute approximate surface area is 123 Å². The van der Waals surface area contributed by atoms with Crippen LogP contribution in [-0.4, -0.2) is 15.7 Å². The molecule has 1 amide bonds. The molecule has 0 radical (unpaired) electrons. The second-order valence-corrected chi connectivity index (χ2v) is 6.03. The molecular weight excluding hydrogens is 294 g/mol. The number of thiazole rings is 1. The number of aromatic nitrogens is 1. The predicted octanol–water partition coefficient (Wildman–Crippen LogP) is 0.620. The number of hydrogen-bond acceptors (Lipinski definition) is 5. The van der Waals surface area contributed by atoms with Gasteiger partial charge in [0.05, 0.1) is 10.9 Å². The molecule has 0 bridgehead atoms. The molecule has 0 fully saturated rings. The molecular formula is C13H11N3O2S2. The number of aromatic hydroxyl groups is 1. The fourth-order valence-corrected chi connectivity index (χ4v) is 3.33. The molecule has 0 spiro atoms. The summed E-state index contributed by atoms with van der Waals surface area (Å²) in [6.45, 7) is 2.03. The highest BCUT2D eigenvalue weighted by Gasteiger charge is 2.24. The normalized spacial score (nSPS) is 13.4. The smallest absolute Gasteiger partial charge is 0.279 e. The van der Waals surface area contributed by atoms with Crippen molar-refractivity contribution in [3.8, 4) is 5.88 Å². The van der Waals surface area contributed by atoms with Crippen LogP contribution >= 0.6 is 23.6 Å².